The maximum atomic E-state index is 13.0. The molecule has 0 aliphatic carbocycles. The smallest absolute Gasteiger partial charge is 0.350 e. The van der Waals surface area contributed by atoms with Gasteiger partial charge in [-0.05, 0) is 62.7 Å². The first kappa shape index (κ1) is 25.3. The second-order valence-electron chi connectivity index (χ2n) is 8.19. The van der Waals surface area contributed by atoms with Crippen LogP contribution in [0.1, 0.15) is 35.5 Å². The fourth-order valence-electron chi connectivity index (χ4n) is 3.78. The highest BCUT2D eigenvalue weighted by molar-refractivity contribution is 5.99. The third-order valence-electron chi connectivity index (χ3n) is 5.51. The molecule has 35 heavy (non-hydrogen) atoms. The molecule has 0 aliphatic heterocycles. The molecule has 0 aliphatic rings. The molecular formula is C28H29N3O4. The molecule has 0 radical (unpaired) electrons. The van der Waals surface area contributed by atoms with Gasteiger partial charge in [-0.2, -0.15) is 5.26 Å². The minimum absolute atomic E-state index is 0.190. The number of likely N-dealkylation sites (N-methyl/N-ethyl adjacent to an activating group) is 1. The Morgan fingerprint density at radius 3 is 2.31 bits per heavy atom. The zero-order valence-electron chi connectivity index (χ0n) is 20.6. The van der Waals surface area contributed by atoms with Crippen LogP contribution in [0.25, 0.3) is 11.8 Å². The Balaban J connectivity index is 1.91. The van der Waals surface area contributed by atoms with Crippen molar-refractivity contribution in [2.24, 2.45) is 0 Å². The van der Waals surface area contributed by atoms with Crippen LogP contribution in [0.3, 0.4) is 0 Å². The number of esters is 1. The first-order chi connectivity index (χ1) is 16.8. The maximum absolute atomic E-state index is 13.0. The molecule has 1 aromatic heterocycles. The van der Waals surface area contributed by atoms with E-state index in [4.69, 9.17) is 9.47 Å². The lowest BCUT2D eigenvalue weighted by Gasteiger charge is -2.21. The van der Waals surface area contributed by atoms with Crippen LogP contribution in [0.5, 0.6) is 5.75 Å². The van der Waals surface area contributed by atoms with Gasteiger partial charge in [0, 0.05) is 36.7 Å². The summed E-state index contributed by atoms with van der Waals surface area (Å²) in [6.45, 7) is 6.39. The molecule has 0 spiro atoms. The highest BCUT2D eigenvalue weighted by Gasteiger charge is 2.28. The van der Waals surface area contributed by atoms with Gasteiger partial charge < -0.3 is 18.9 Å². The zero-order chi connectivity index (χ0) is 25.5. The summed E-state index contributed by atoms with van der Waals surface area (Å²) in [5, 5.41) is 9.72. The number of benzene rings is 2. The lowest BCUT2D eigenvalue weighted by atomic mass is 10.1. The standard InChI is InChI=1S/C28H29N3O4/c1-6-34-25-14-12-24(13-15-25)31-19(2)16-22(20(31)3)17-23(18-29)28(33)35-26(27(32)30(4)5)21-10-8-7-9-11-21/h7-17,26H,6H2,1-5H3/b23-17+. The summed E-state index contributed by atoms with van der Waals surface area (Å²) in [4.78, 5) is 27.0. The van der Waals surface area contributed by atoms with E-state index in [2.05, 4.69) is 0 Å². The van der Waals surface area contributed by atoms with Gasteiger partial charge in [0.2, 0.25) is 6.10 Å². The Bertz CT molecular complexity index is 1270. The van der Waals surface area contributed by atoms with Gasteiger partial charge in [-0.15, -0.1) is 0 Å². The molecule has 2 aromatic carbocycles. The van der Waals surface area contributed by atoms with Gasteiger partial charge in [-0.3, -0.25) is 4.79 Å². The Morgan fingerprint density at radius 1 is 1.09 bits per heavy atom. The molecule has 0 saturated heterocycles. The Hall–Kier alpha value is -4.31. The SMILES string of the molecule is CCOc1ccc(-n2c(C)cc(/C=C(\C#N)C(=O)OC(C(=O)N(C)C)c3ccccc3)c2C)cc1. The summed E-state index contributed by atoms with van der Waals surface area (Å²) in [5.41, 5.74) is 3.78. The fourth-order valence-corrected chi connectivity index (χ4v) is 3.78. The maximum Gasteiger partial charge on any atom is 0.350 e. The van der Waals surface area contributed by atoms with Gasteiger partial charge in [0.1, 0.15) is 17.4 Å². The van der Waals surface area contributed by atoms with Crippen molar-refractivity contribution >= 4 is 18.0 Å². The first-order valence-corrected chi connectivity index (χ1v) is 11.3. The van der Waals surface area contributed by atoms with E-state index in [9.17, 15) is 14.9 Å². The number of carbonyl (C=O) groups is 2. The van der Waals surface area contributed by atoms with Crippen molar-refractivity contribution in [3.8, 4) is 17.5 Å². The quantitative estimate of drug-likeness (QED) is 0.268. The van der Waals surface area contributed by atoms with E-state index >= 15 is 0 Å². The van der Waals surface area contributed by atoms with Crippen LogP contribution in [0.4, 0.5) is 0 Å². The number of aromatic nitrogens is 1. The highest BCUT2D eigenvalue weighted by Crippen LogP contribution is 2.26. The molecule has 1 amide bonds. The molecule has 0 N–H and O–H groups in total. The molecule has 1 heterocycles. The number of rotatable bonds is 8. The molecule has 7 heteroatoms. The van der Waals surface area contributed by atoms with Crippen molar-refractivity contribution < 1.29 is 19.1 Å². The van der Waals surface area contributed by atoms with Gasteiger partial charge in [0.15, 0.2) is 0 Å². The number of carbonyl (C=O) groups excluding carboxylic acids is 2. The summed E-state index contributed by atoms with van der Waals surface area (Å²) < 4.78 is 13.1. The average Bonchev–Trinajstić information content (AvgIpc) is 3.14. The largest absolute Gasteiger partial charge is 0.494 e. The second kappa shape index (κ2) is 11.2. The highest BCUT2D eigenvalue weighted by atomic mass is 16.5. The first-order valence-electron chi connectivity index (χ1n) is 11.3. The molecule has 0 bridgehead atoms. The van der Waals surface area contributed by atoms with Gasteiger partial charge in [-0.1, -0.05) is 30.3 Å². The molecule has 3 rings (SSSR count). The van der Waals surface area contributed by atoms with E-state index in [1.807, 2.05) is 67.8 Å². The lowest BCUT2D eigenvalue weighted by molar-refractivity contribution is -0.156. The lowest BCUT2D eigenvalue weighted by Crippen LogP contribution is -2.31. The van der Waals surface area contributed by atoms with Crippen LogP contribution in [0.2, 0.25) is 0 Å². The van der Waals surface area contributed by atoms with Gasteiger partial charge >= 0.3 is 5.97 Å². The molecule has 0 saturated carbocycles. The monoisotopic (exact) mass is 471 g/mol. The predicted octanol–water partition coefficient (Wildman–Crippen LogP) is 4.77. The third-order valence-corrected chi connectivity index (χ3v) is 5.51. The van der Waals surface area contributed by atoms with Gasteiger partial charge in [-0.25, -0.2) is 4.79 Å². The van der Waals surface area contributed by atoms with Crippen molar-refractivity contribution in [1.29, 1.82) is 5.26 Å². The predicted molar refractivity (Wildman–Crippen MR) is 134 cm³/mol. The van der Waals surface area contributed by atoms with E-state index < -0.39 is 18.0 Å². The van der Waals surface area contributed by atoms with E-state index in [1.165, 1.54) is 11.0 Å². The Kier molecular flexibility index (Phi) is 8.11. The molecule has 0 fully saturated rings. The number of nitrogens with zero attached hydrogens (tertiary/aromatic N) is 3. The van der Waals surface area contributed by atoms with Crippen LogP contribution in [0, 0.1) is 25.2 Å². The zero-order valence-corrected chi connectivity index (χ0v) is 20.6. The van der Waals surface area contributed by atoms with E-state index in [0.717, 1.165) is 22.8 Å². The van der Waals surface area contributed by atoms with Crippen LogP contribution in [-0.2, 0) is 14.3 Å². The second-order valence-corrected chi connectivity index (χ2v) is 8.19. The van der Waals surface area contributed by atoms with Crippen LogP contribution >= 0.6 is 0 Å². The van der Waals surface area contributed by atoms with Crippen molar-refractivity contribution in [1.82, 2.24) is 9.47 Å². The molecule has 180 valence electrons. The molecule has 3 aromatic rings. The topological polar surface area (TPSA) is 84.6 Å². The summed E-state index contributed by atoms with van der Waals surface area (Å²) >= 11 is 0. The van der Waals surface area contributed by atoms with Crippen LogP contribution in [0.15, 0.2) is 66.2 Å². The number of ether oxygens (including phenoxy) is 2. The van der Waals surface area contributed by atoms with E-state index in [-0.39, 0.29) is 5.57 Å². The summed E-state index contributed by atoms with van der Waals surface area (Å²) in [6, 6.07) is 20.3. The normalized spacial score (nSPS) is 11.9. The summed E-state index contributed by atoms with van der Waals surface area (Å²) in [7, 11) is 3.17. The summed E-state index contributed by atoms with van der Waals surface area (Å²) in [5.74, 6) is -0.466. The number of nitriles is 1. The van der Waals surface area contributed by atoms with E-state index in [1.54, 1.807) is 38.4 Å². The Labute approximate surface area is 205 Å². The van der Waals surface area contributed by atoms with Crippen molar-refractivity contribution in [3.05, 3.63) is 88.8 Å². The minimum Gasteiger partial charge on any atom is -0.494 e. The number of hydrogen-bond donors (Lipinski definition) is 0. The van der Waals surface area contributed by atoms with E-state index in [0.29, 0.717) is 17.7 Å². The van der Waals surface area contributed by atoms with Gasteiger partial charge in [0.05, 0.1) is 6.61 Å². The third kappa shape index (κ3) is 5.79. The molecule has 1 unspecified atom stereocenters. The van der Waals surface area contributed by atoms with Gasteiger partial charge in [0.25, 0.3) is 5.91 Å². The average molecular weight is 472 g/mol. The fraction of sp³-hybridized carbons (Fsp3) is 0.250. The molecule has 7 nitrogen and oxygen atoms in total. The molecular weight excluding hydrogens is 442 g/mol. The van der Waals surface area contributed by atoms with Crippen molar-refractivity contribution in [3.63, 3.8) is 0 Å². The van der Waals surface area contributed by atoms with Crippen LogP contribution in [-0.4, -0.2) is 42.0 Å². The van der Waals surface area contributed by atoms with Crippen LogP contribution < -0.4 is 4.74 Å². The molecule has 1 atom stereocenters. The minimum atomic E-state index is -1.15. The summed E-state index contributed by atoms with van der Waals surface area (Å²) in [6.07, 6.45) is 0.351. The Morgan fingerprint density at radius 2 is 1.74 bits per heavy atom. The van der Waals surface area contributed by atoms with Crippen molar-refractivity contribution in [2.75, 3.05) is 20.7 Å². The van der Waals surface area contributed by atoms with Crippen molar-refractivity contribution in [2.45, 2.75) is 26.9 Å². The number of aryl methyl sites for hydroxylation is 1. The number of hydrogen-bond acceptors (Lipinski definition) is 5. The number of amides is 1.